The fraction of sp³-hybridized carbons (Fsp3) is 0.385. The molecule has 2 heterocycles. The van der Waals surface area contributed by atoms with E-state index >= 15 is 0 Å². The van der Waals surface area contributed by atoms with Crippen LogP contribution in [-0.2, 0) is 22.4 Å². The predicted octanol–water partition coefficient (Wildman–Crippen LogP) is 2.13. The first kappa shape index (κ1) is 14.5. The first-order chi connectivity index (χ1) is 10.6. The Morgan fingerprint density at radius 3 is 2.95 bits per heavy atom. The van der Waals surface area contributed by atoms with Crippen LogP contribution in [0.3, 0.4) is 0 Å². The molecule has 0 atom stereocenters. The number of aromatic nitrogens is 3. The van der Waals surface area contributed by atoms with Crippen LogP contribution in [0.4, 0.5) is 9.93 Å². The van der Waals surface area contributed by atoms with Crippen molar-refractivity contribution in [3.63, 3.8) is 0 Å². The molecule has 0 saturated heterocycles. The molecule has 1 amide bonds. The molecule has 116 valence electrons. The third kappa shape index (κ3) is 2.67. The van der Waals surface area contributed by atoms with Gasteiger partial charge in [-0.2, -0.15) is 0 Å². The van der Waals surface area contributed by atoms with Crippen LogP contribution in [0.2, 0.25) is 0 Å². The first-order valence-electron chi connectivity index (χ1n) is 6.78. The summed E-state index contributed by atoms with van der Waals surface area (Å²) < 4.78 is 9.84. The third-order valence-electron chi connectivity index (χ3n) is 3.09. The van der Waals surface area contributed by atoms with E-state index in [0.717, 1.165) is 21.8 Å². The lowest BCUT2D eigenvalue weighted by molar-refractivity contribution is -0.114. The normalized spacial score (nSPS) is 12.3. The number of H-pyrrole nitrogens is 1. The highest BCUT2D eigenvalue weighted by Gasteiger charge is 2.27. The van der Waals surface area contributed by atoms with Crippen molar-refractivity contribution in [1.82, 2.24) is 15.2 Å². The summed E-state index contributed by atoms with van der Waals surface area (Å²) in [5, 5.41) is 10.1. The number of nitrogens with zero attached hydrogens (tertiary/aromatic N) is 2. The van der Waals surface area contributed by atoms with Crippen molar-refractivity contribution in [1.29, 1.82) is 0 Å². The summed E-state index contributed by atoms with van der Waals surface area (Å²) in [5.41, 5.74) is 2.49. The summed E-state index contributed by atoms with van der Waals surface area (Å²) in [7, 11) is 0. The second-order valence-electron chi connectivity index (χ2n) is 4.64. The maximum absolute atomic E-state index is 11.4. The van der Waals surface area contributed by atoms with Gasteiger partial charge in [-0.05, 0) is 19.8 Å². The van der Waals surface area contributed by atoms with Crippen molar-refractivity contribution in [3.8, 4) is 16.5 Å². The Kier molecular flexibility index (Phi) is 3.80. The molecule has 2 aromatic heterocycles. The standard InChI is InChI=1S/C13H14N4O4S/c1-3-20-13(19)21-11-7-4-5-8-10(9(7)16-17-11)22-12(15-8)14-6(2)18/h3-5H2,1-2H3,(H,16,17)(H,14,15,18). The monoisotopic (exact) mass is 322 g/mol. The number of aryl methyl sites for hydroxylation is 1. The summed E-state index contributed by atoms with van der Waals surface area (Å²) >= 11 is 1.36. The quantitative estimate of drug-likeness (QED) is 0.838. The molecule has 9 heteroatoms. The molecule has 1 aliphatic carbocycles. The molecular weight excluding hydrogens is 308 g/mol. The van der Waals surface area contributed by atoms with E-state index in [-0.39, 0.29) is 18.4 Å². The number of hydrogen-bond donors (Lipinski definition) is 2. The summed E-state index contributed by atoms with van der Waals surface area (Å²) in [6, 6.07) is 0. The molecule has 0 saturated carbocycles. The fourth-order valence-electron chi connectivity index (χ4n) is 2.24. The molecule has 2 aromatic rings. The zero-order chi connectivity index (χ0) is 15.7. The van der Waals surface area contributed by atoms with Crippen LogP contribution >= 0.6 is 11.3 Å². The van der Waals surface area contributed by atoms with E-state index in [1.807, 2.05) is 0 Å². The molecule has 0 spiro atoms. The van der Waals surface area contributed by atoms with Crippen LogP contribution < -0.4 is 10.1 Å². The highest BCUT2D eigenvalue weighted by Crippen LogP contribution is 2.41. The Labute approximate surface area is 129 Å². The van der Waals surface area contributed by atoms with Gasteiger partial charge in [-0.1, -0.05) is 11.3 Å². The third-order valence-corrected chi connectivity index (χ3v) is 4.12. The number of aromatic amines is 1. The van der Waals surface area contributed by atoms with E-state index in [4.69, 9.17) is 9.47 Å². The molecule has 0 radical (unpaired) electrons. The smallest absolute Gasteiger partial charge is 0.434 e. The Morgan fingerprint density at radius 1 is 1.41 bits per heavy atom. The molecule has 0 bridgehead atoms. The molecule has 0 fully saturated rings. The zero-order valence-electron chi connectivity index (χ0n) is 12.1. The molecule has 0 aromatic carbocycles. The van der Waals surface area contributed by atoms with Gasteiger partial charge in [-0.15, -0.1) is 5.10 Å². The van der Waals surface area contributed by atoms with Crippen LogP contribution in [0.15, 0.2) is 0 Å². The van der Waals surface area contributed by atoms with Gasteiger partial charge in [0, 0.05) is 12.5 Å². The Hall–Kier alpha value is -2.42. The highest BCUT2D eigenvalue weighted by atomic mass is 32.1. The lowest BCUT2D eigenvalue weighted by Crippen LogP contribution is -2.12. The van der Waals surface area contributed by atoms with E-state index in [2.05, 4.69) is 20.5 Å². The van der Waals surface area contributed by atoms with Crippen LogP contribution in [0.25, 0.3) is 10.6 Å². The van der Waals surface area contributed by atoms with Crippen molar-refractivity contribution in [3.05, 3.63) is 11.3 Å². The second kappa shape index (κ2) is 5.76. The van der Waals surface area contributed by atoms with Gasteiger partial charge in [0.25, 0.3) is 0 Å². The molecule has 22 heavy (non-hydrogen) atoms. The number of anilines is 1. The molecule has 8 nitrogen and oxygen atoms in total. The Morgan fingerprint density at radius 2 is 2.23 bits per heavy atom. The van der Waals surface area contributed by atoms with E-state index in [9.17, 15) is 9.59 Å². The summed E-state index contributed by atoms with van der Waals surface area (Å²) in [6.07, 6.45) is 0.569. The minimum Gasteiger partial charge on any atom is -0.434 e. The van der Waals surface area contributed by atoms with Crippen molar-refractivity contribution < 1.29 is 19.1 Å². The minimum atomic E-state index is -0.772. The number of amides is 1. The maximum Gasteiger partial charge on any atom is 0.515 e. The lowest BCUT2D eigenvalue weighted by Gasteiger charge is -2.10. The average Bonchev–Trinajstić information content (AvgIpc) is 3.01. The van der Waals surface area contributed by atoms with Gasteiger partial charge in [-0.25, -0.2) is 9.78 Å². The van der Waals surface area contributed by atoms with Crippen molar-refractivity contribution in [2.45, 2.75) is 26.7 Å². The molecule has 0 unspecified atom stereocenters. The number of carbonyl (C=O) groups is 2. The number of nitrogens with one attached hydrogen (secondary N) is 2. The van der Waals surface area contributed by atoms with Gasteiger partial charge < -0.3 is 14.8 Å². The maximum atomic E-state index is 11.4. The van der Waals surface area contributed by atoms with Gasteiger partial charge in [-0.3, -0.25) is 9.89 Å². The fourth-order valence-corrected chi connectivity index (χ4v) is 3.32. The molecule has 0 aliphatic heterocycles. The second-order valence-corrected chi connectivity index (χ2v) is 5.64. The topological polar surface area (TPSA) is 106 Å². The van der Waals surface area contributed by atoms with Gasteiger partial charge in [0.1, 0.15) is 0 Å². The first-order valence-corrected chi connectivity index (χ1v) is 7.59. The SMILES string of the molecule is CCOC(=O)Oc1n[nH]c2c1CCc1nc(NC(C)=O)sc1-2. The van der Waals surface area contributed by atoms with Crippen molar-refractivity contribution in [2.75, 3.05) is 11.9 Å². The number of thiazole rings is 1. The summed E-state index contributed by atoms with van der Waals surface area (Å²) in [4.78, 5) is 27.8. The molecule has 3 rings (SSSR count). The highest BCUT2D eigenvalue weighted by molar-refractivity contribution is 7.19. The molecular formula is C13H14N4O4S. The minimum absolute atomic E-state index is 0.165. The summed E-state index contributed by atoms with van der Waals surface area (Å²) in [6.45, 7) is 3.38. The van der Waals surface area contributed by atoms with Crippen LogP contribution in [-0.4, -0.2) is 33.9 Å². The predicted molar refractivity (Wildman–Crippen MR) is 79.1 cm³/mol. The van der Waals surface area contributed by atoms with Crippen molar-refractivity contribution >= 4 is 28.5 Å². The van der Waals surface area contributed by atoms with Crippen LogP contribution in [0.5, 0.6) is 5.88 Å². The largest absolute Gasteiger partial charge is 0.515 e. The average molecular weight is 322 g/mol. The van der Waals surface area contributed by atoms with Gasteiger partial charge in [0.2, 0.25) is 11.8 Å². The van der Waals surface area contributed by atoms with Gasteiger partial charge in [0.05, 0.1) is 22.9 Å². The van der Waals surface area contributed by atoms with E-state index in [0.29, 0.717) is 18.0 Å². The molecule has 1 aliphatic rings. The van der Waals surface area contributed by atoms with Crippen LogP contribution in [0.1, 0.15) is 25.1 Å². The van der Waals surface area contributed by atoms with Gasteiger partial charge in [0.15, 0.2) is 5.13 Å². The van der Waals surface area contributed by atoms with Crippen LogP contribution in [0, 0.1) is 0 Å². The Balaban J connectivity index is 1.88. The lowest BCUT2D eigenvalue weighted by atomic mass is 10.0. The molecule has 2 N–H and O–H groups in total. The van der Waals surface area contributed by atoms with Gasteiger partial charge >= 0.3 is 6.16 Å². The van der Waals surface area contributed by atoms with E-state index in [1.165, 1.54) is 18.3 Å². The van der Waals surface area contributed by atoms with Crippen molar-refractivity contribution in [2.24, 2.45) is 0 Å². The summed E-state index contributed by atoms with van der Waals surface area (Å²) in [5.74, 6) is 0.0656. The van der Waals surface area contributed by atoms with E-state index < -0.39 is 6.16 Å². The number of rotatable bonds is 3. The number of carbonyl (C=O) groups excluding carboxylic acids is 2. The number of hydrogen-bond acceptors (Lipinski definition) is 7. The zero-order valence-corrected chi connectivity index (χ0v) is 12.9. The number of ether oxygens (including phenoxy) is 2. The number of fused-ring (bicyclic) bond motifs is 3. The Bertz CT molecular complexity index is 736. The van der Waals surface area contributed by atoms with E-state index in [1.54, 1.807) is 6.92 Å².